The highest BCUT2D eigenvalue weighted by molar-refractivity contribution is 5.24. The maximum atomic E-state index is 8.41. The van der Waals surface area contributed by atoms with Crippen LogP contribution in [0.2, 0.25) is 0 Å². The molecule has 0 aliphatic heterocycles. The van der Waals surface area contributed by atoms with Gasteiger partial charge in [0.05, 0.1) is 6.04 Å². The molecule has 0 unspecified atom stereocenters. The van der Waals surface area contributed by atoms with E-state index in [2.05, 4.69) is 11.4 Å². The van der Waals surface area contributed by atoms with Gasteiger partial charge < -0.3 is 5.32 Å². The van der Waals surface area contributed by atoms with Crippen LogP contribution in [0.15, 0.2) is 24.3 Å². The van der Waals surface area contributed by atoms with Gasteiger partial charge in [-0.3, -0.25) is 0 Å². The molecule has 0 amide bonds. The number of hydrogen-bond acceptors (Lipinski definition) is 2. The minimum atomic E-state index is 0.106. The summed E-state index contributed by atoms with van der Waals surface area (Å²) in [5.41, 5.74) is 2.37. The monoisotopic (exact) mass is 160 g/mol. The number of benzene rings is 1. The van der Waals surface area contributed by atoms with E-state index in [4.69, 9.17) is 5.26 Å². The van der Waals surface area contributed by atoms with E-state index in [9.17, 15) is 0 Å². The fourth-order valence-electron chi connectivity index (χ4n) is 1.12. The summed E-state index contributed by atoms with van der Waals surface area (Å²) in [5, 5.41) is 11.1. The molecule has 0 aliphatic carbocycles. The van der Waals surface area contributed by atoms with Crippen molar-refractivity contribution in [3.8, 4) is 6.19 Å². The number of nitriles is 1. The lowest BCUT2D eigenvalue weighted by molar-refractivity contribution is 0.697. The van der Waals surface area contributed by atoms with Gasteiger partial charge in [-0.1, -0.05) is 29.8 Å². The van der Waals surface area contributed by atoms with Crippen molar-refractivity contribution in [1.82, 2.24) is 5.32 Å². The second-order valence-electron chi connectivity index (χ2n) is 2.89. The SMILES string of the molecule is Cc1cccc([C@@H](C)NC#N)c1. The standard InChI is InChI=1S/C10H12N2/c1-8-4-3-5-10(6-8)9(2)12-7-11/h3-6,9,12H,1-2H3/t9-/m1/s1. The fraction of sp³-hybridized carbons (Fsp3) is 0.300. The summed E-state index contributed by atoms with van der Waals surface area (Å²) >= 11 is 0. The molecule has 62 valence electrons. The molecule has 0 fully saturated rings. The molecule has 0 bridgehead atoms. The third-order valence-electron chi connectivity index (χ3n) is 1.82. The van der Waals surface area contributed by atoms with Gasteiger partial charge in [-0.2, -0.15) is 5.26 Å². The van der Waals surface area contributed by atoms with Crippen LogP contribution in [-0.4, -0.2) is 0 Å². The molecule has 0 radical (unpaired) electrons. The van der Waals surface area contributed by atoms with Gasteiger partial charge in [-0.05, 0) is 19.4 Å². The summed E-state index contributed by atoms with van der Waals surface area (Å²) in [6.45, 7) is 4.01. The van der Waals surface area contributed by atoms with Crippen LogP contribution in [0, 0.1) is 18.4 Å². The lowest BCUT2D eigenvalue weighted by atomic mass is 10.1. The number of hydrogen-bond donors (Lipinski definition) is 1. The highest BCUT2D eigenvalue weighted by Crippen LogP contribution is 2.12. The van der Waals surface area contributed by atoms with Crippen molar-refractivity contribution >= 4 is 0 Å². The number of nitrogens with zero attached hydrogens (tertiary/aromatic N) is 1. The van der Waals surface area contributed by atoms with E-state index in [0.717, 1.165) is 5.56 Å². The Labute approximate surface area is 72.8 Å². The van der Waals surface area contributed by atoms with Crippen LogP contribution in [0.3, 0.4) is 0 Å². The first-order valence-corrected chi connectivity index (χ1v) is 3.95. The lowest BCUT2D eigenvalue weighted by Crippen LogP contribution is -2.11. The molecule has 1 N–H and O–H groups in total. The average Bonchev–Trinajstić information content (AvgIpc) is 2.05. The average molecular weight is 160 g/mol. The molecular weight excluding hydrogens is 148 g/mol. The van der Waals surface area contributed by atoms with Crippen molar-refractivity contribution in [2.24, 2.45) is 0 Å². The van der Waals surface area contributed by atoms with Crippen molar-refractivity contribution in [1.29, 1.82) is 5.26 Å². The molecule has 0 spiro atoms. The number of rotatable bonds is 2. The van der Waals surface area contributed by atoms with Gasteiger partial charge in [0.1, 0.15) is 0 Å². The van der Waals surface area contributed by atoms with Crippen LogP contribution in [0.25, 0.3) is 0 Å². The summed E-state index contributed by atoms with van der Waals surface area (Å²) in [7, 11) is 0. The Balaban J connectivity index is 2.82. The zero-order valence-corrected chi connectivity index (χ0v) is 7.33. The molecule has 0 aliphatic rings. The summed E-state index contributed by atoms with van der Waals surface area (Å²) in [6.07, 6.45) is 1.94. The van der Waals surface area contributed by atoms with Crippen LogP contribution in [0.5, 0.6) is 0 Å². The van der Waals surface area contributed by atoms with E-state index in [1.54, 1.807) is 0 Å². The van der Waals surface area contributed by atoms with Crippen molar-refractivity contribution in [2.75, 3.05) is 0 Å². The summed E-state index contributed by atoms with van der Waals surface area (Å²) in [4.78, 5) is 0. The molecule has 0 saturated carbocycles. The third-order valence-corrected chi connectivity index (χ3v) is 1.82. The van der Waals surface area contributed by atoms with Gasteiger partial charge in [0.15, 0.2) is 6.19 Å². The highest BCUT2D eigenvalue weighted by atomic mass is 14.9. The summed E-state index contributed by atoms with van der Waals surface area (Å²) in [6, 6.07) is 8.25. The Hall–Kier alpha value is -1.49. The normalized spacial score (nSPS) is 11.8. The minimum absolute atomic E-state index is 0.106. The maximum Gasteiger partial charge on any atom is 0.177 e. The maximum absolute atomic E-state index is 8.41. The second-order valence-corrected chi connectivity index (χ2v) is 2.89. The van der Waals surface area contributed by atoms with Crippen molar-refractivity contribution < 1.29 is 0 Å². The first-order valence-electron chi connectivity index (χ1n) is 3.95. The van der Waals surface area contributed by atoms with E-state index in [1.807, 2.05) is 38.2 Å². The molecule has 1 atom stereocenters. The zero-order valence-electron chi connectivity index (χ0n) is 7.33. The van der Waals surface area contributed by atoms with Crippen LogP contribution >= 0.6 is 0 Å². The molecule has 0 aromatic heterocycles. The third kappa shape index (κ3) is 2.00. The minimum Gasteiger partial charge on any atom is -0.317 e. The Kier molecular flexibility index (Phi) is 2.71. The molecule has 1 rings (SSSR count). The topological polar surface area (TPSA) is 35.8 Å². The Bertz CT molecular complexity index is 299. The Morgan fingerprint density at radius 1 is 1.50 bits per heavy atom. The van der Waals surface area contributed by atoms with Gasteiger partial charge in [-0.25, -0.2) is 0 Å². The van der Waals surface area contributed by atoms with Crippen molar-refractivity contribution in [2.45, 2.75) is 19.9 Å². The van der Waals surface area contributed by atoms with E-state index in [0.29, 0.717) is 0 Å². The van der Waals surface area contributed by atoms with Gasteiger partial charge in [0.25, 0.3) is 0 Å². The van der Waals surface area contributed by atoms with Crippen LogP contribution < -0.4 is 5.32 Å². The number of aryl methyl sites for hydroxylation is 1. The molecule has 1 aromatic rings. The predicted octanol–water partition coefficient (Wildman–Crippen LogP) is 2.13. The first kappa shape index (κ1) is 8.61. The van der Waals surface area contributed by atoms with Crippen molar-refractivity contribution in [3.63, 3.8) is 0 Å². The predicted molar refractivity (Wildman–Crippen MR) is 48.3 cm³/mol. The van der Waals surface area contributed by atoms with Gasteiger partial charge in [0.2, 0.25) is 0 Å². The first-order chi connectivity index (χ1) is 5.74. The van der Waals surface area contributed by atoms with Crippen LogP contribution in [0.1, 0.15) is 24.1 Å². The molecule has 2 nitrogen and oxygen atoms in total. The zero-order chi connectivity index (χ0) is 8.97. The largest absolute Gasteiger partial charge is 0.317 e. The molecule has 0 heterocycles. The highest BCUT2D eigenvalue weighted by Gasteiger charge is 2.01. The quantitative estimate of drug-likeness (QED) is 0.531. The van der Waals surface area contributed by atoms with Crippen molar-refractivity contribution in [3.05, 3.63) is 35.4 Å². The van der Waals surface area contributed by atoms with Crippen LogP contribution in [-0.2, 0) is 0 Å². The smallest absolute Gasteiger partial charge is 0.177 e. The molecule has 2 heteroatoms. The van der Waals surface area contributed by atoms with Gasteiger partial charge >= 0.3 is 0 Å². The second kappa shape index (κ2) is 3.77. The number of nitrogens with one attached hydrogen (secondary N) is 1. The Morgan fingerprint density at radius 2 is 2.25 bits per heavy atom. The van der Waals surface area contributed by atoms with E-state index < -0.39 is 0 Å². The molecule has 0 saturated heterocycles. The molecule has 1 aromatic carbocycles. The van der Waals surface area contributed by atoms with E-state index in [-0.39, 0.29) is 6.04 Å². The summed E-state index contributed by atoms with van der Waals surface area (Å²) in [5.74, 6) is 0. The van der Waals surface area contributed by atoms with E-state index in [1.165, 1.54) is 5.56 Å². The summed E-state index contributed by atoms with van der Waals surface area (Å²) < 4.78 is 0. The van der Waals surface area contributed by atoms with Gasteiger partial charge in [0, 0.05) is 0 Å². The van der Waals surface area contributed by atoms with E-state index >= 15 is 0 Å². The molecule has 12 heavy (non-hydrogen) atoms. The molecular formula is C10H12N2. The van der Waals surface area contributed by atoms with Crippen LogP contribution in [0.4, 0.5) is 0 Å². The van der Waals surface area contributed by atoms with Gasteiger partial charge in [-0.15, -0.1) is 0 Å². The lowest BCUT2D eigenvalue weighted by Gasteiger charge is -2.09. The Morgan fingerprint density at radius 3 is 2.83 bits per heavy atom. The fourth-order valence-corrected chi connectivity index (χ4v) is 1.12.